The number of fused-ring (bicyclic) bond motifs is 4. The molecule has 0 aromatic heterocycles. The summed E-state index contributed by atoms with van der Waals surface area (Å²) in [6, 6.07) is 36.0. The molecule has 0 N–H and O–H groups in total. The van der Waals surface area contributed by atoms with E-state index >= 15 is 0 Å². The van der Waals surface area contributed by atoms with Gasteiger partial charge in [-0.1, -0.05) is 97.1 Å². The number of carbonyl (C=O) groups is 2. The maximum atomic E-state index is 13.6. The fraction of sp³-hybridized carbons (Fsp3) is 0.231. The highest BCUT2D eigenvalue weighted by Gasteiger charge is 2.30. The summed E-state index contributed by atoms with van der Waals surface area (Å²) in [7, 11) is 3.03. The number of carbonyl (C=O) groups excluding carboxylic acids is 2. The van der Waals surface area contributed by atoms with Crippen molar-refractivity contribution in [1.82, 2.24) is 0 Å². The Bertz CT molecular complexity index is 1760. The molecule has 6 heteroatoms. The summed E-state index contributed by atoms with van der Waals surface area (Å²) in [6.45, 7) is 3.59. The van der Waals surface area contributed by atoms with Gasteiger partial charge in [0, 0.05) is 31.8 Å². The average Bonchev–Trinajstić information content (AvgIpc) is 3.04. The van der Waals surface area contributed by atoms with E-state index in [-0.39, 0.29) is 0 Å². The Hall–Kier alpha value is -4.78. The van der Waals surface area contributed by atoms with E-state index in [1.54, 1.807) is 13.8 Å². The van der Waals surface area contributed by atoms with Crippen LogP contribution in [0, 0.1) is 0 Å². The molecular weight excluding hydrogens is 564 g/mol. The minimum Gasteiger partial charge on any atom is -0.460 e. The Morgan fingerprint density at radius 2 is 0.800 bits per heavy atom. The molecule has 228 valence electrons. The van der Waals surface area contributed by atoms with Gasteiger partial charge in [0.15, 0.2) is 12.2 Å². The molecule has 6 rings (SSSR count). The van der Waals surface area contributed by atoms with E-state index in [1.165, 1.54) is 14.2 Å². The number of ether oxygens (including phenoxy) is 4. The Morgan fingerprint density at radius 1 is 0.511 bits per heavy atom. The van der Waals surface area contributed by atoms with Gasteiger partial charge >= 0.3 is 11.9 Å². The highest BCUT2D eigenvalue weighted by Crippen LogP contribution is 2.37. The van der Waals surface area contributed by atoms with Gasteiger partial charge in [0.05, 0.1) is 0 Å². The molecule has 45 heavy (non-hydrogen) atoms. The van der Waals surface area contributed by atoms with Crippen LogP contribution in [0.4, 0.5) is 0 Å². The van der Waals surface area contributed by atoms with Gasteiger partial charge in [-0.2, -0.15) is 0 Å². The first-order valence-electron chi connectivity index (χ1n) is 15.2. The maximum Gasteiger partial charge on any atom is 0.340 e. The Kier molecular flexibility index (Phi) is 8.78. The number of hydrogen-bond donors (Lipinski definition) is 0. The quantitative estimate of drug-likeness (QED) is 0.116. The fourth-order valence-corrected chi connectivity index (χ4v) is 6.41. The fourth-order valence-electron chi connectivity index (χ4n) is 6.41. The first-order chi connectivity index (χ1) is 21.9. The molecule has 0 amide bonds. The Labute approximate surface area is 262 Å². The zero-order valence-electron chi connectivity index (χ0n) is 25.9. The highest BCUT2D eigenvalue weighted by molar-refractivity contribution is 6.06. The third-order valence-electron chi connectivity index (χ3n) is 8.35. The molecule has 0 aliphatic rings. The average molecular weight is 601 g/mol. The van der Waals surface area contributed by atoms with Crippen molar-refractivity contribution < 1.29 is 28.5 Å². The zero-order chi connectivity index (χ0) is 31.5. The van der Waals surface area contributed by atoms with Crippen molar-refractivity contribution in [3.05, 3.63) is 120 Å². The Balaban J connectivity index is 1.19. The third kappa shape index (κ3) is 5.99. The number of hydrogen-bond acceptors (Lipinski definition) is 6. The van der Waals surface area contributed by atoms with Crippen LogP contribution in [-0.2, 0) is 28.5 Å². The van der Waals surface area contributed by atoms with Crippen LogP contribution < -0.4 is 0 Å². The summed E-state index contributed by atoms with van der Waals surface area (Å²) in [4.78, 5) is 27.2. The molecular formula is C39H36O6. The number of benzene rings is 6. The van der Waals surface area contributed by atoms with Crippen molar-refractivity contribution in [1.29, 1.82) is 0 Å². The van der Waals surface area contributed by atoms with Crippen LogP contribution in [0.5, 0.6) is 0 Å². The molecule has 0 heterocycles. The van der Waals surface area contributed by atoms with Crippen molar-refractivity contribution in [3.63, 3.8) is 0 Å². The molecule has 0 fully saturated rings. The molecule has 6 aromatic rings. The normalized spacial score (nSPS) is 14.3. The number of esters is 2. The smallest absolute Gasteiger partial charge is 0.340 e. The zero-order valence-corrected chi connectivity index (χ0v) is 25.9. The molecule has 4 atom stereocenters. The summed E-state index contributed by atoms with van der Waals surface area (Å²) in [5.74, 6) is -0.996. The predicted octanol–water partition coefficient (Wildman–Crippen LogP) is 8.63. The van der Waals surface area contributed by atoms with E-state index in [1.807, 2.05) is 97.1 Å². The van der Waals surface area contributed by atoms with E-state index in [0.717, 1.165) is 54.2 Å². The van der Waals surface area contributed by atoms with Gasteiger partial charge in [-0.15, -0.1) is 0 Å². The molecule has 0 saturated carbocycles. The van der Waals surface area contributed by atoms with Gasteiger partial charge in [-0.25, -0.2) is 9.59 Å². The van der Waals surface area contributed by atoms with Gasteiger partial charge in [-0.05, 0) is 69.1 Å². The van der Waals surface area contributed by atoms with Gasteiger partial charge in [-0.3, -0.25) is 0 Å². The standard InChI is InChI=1S/C39H36O6/c1-24(44-38(40)36(42-3)34-30-17-9-5-13-26(30)22-27-14-6-10-18-31(27)34)21-25(2)45-39(41)37(43-4)35-32-19-11-7-15-28(32)23-29-16-8-12-20-33(29)35/h5-20,22-25,36-37H,21H2,1-4H3/t24-,25-,36-,37-/m1/s1. The lowest BCUT2D eigenvalue weighted by Gasteiger charge is -2.24. The lowest BCUT2D eigenvalue weighted by molar-refractivity contribution is -0.166. The minimum absolute atomic E-state index is 0.302. The maximum absolute atomic E-state index is 13.6. The van der Waals surface area contributed by atoms with Crippen LogP contribution in [0.15, 0.2) is 109 Å². The molecule has 0 bridgehead atoms. The number of rotatable bonds is 10. The van der Waals surface area contributed by atoms with Crippen molar-refractivity contribution in [2.24, 2.45) is 0 Å². The molecule has 0 aliphatic carbocycles. The largest absolute Gasteiger partial charge is 0.460 e. The second-order valence-corrected chi connectivity index (χ2v) is 11.4. The first-order valence-corrected chi connectivity index (χ1v) is 15.2. The topological polar surface area (TPSA) is 71.1 Å². The van der Waals surface area contributed by atoms with Gasteiger partial charge in [0.2, 0.25) is 0 Å². The summed E-state index contributed by atoms with van der Waals surface area (Å²) in [5.41, 5.74) is 1.54. The molecule has 0 spiro atoms. The lowest BCUT2D eigenvalue weighted by atomic mass is 9.93. The van der Waals surface area contributed by atoms with Crippen LogP contribution in [0.25, 0.3) is 43.1 Å². The number of methoxy groups -OCH3 is 2. The molecule has 0 saturated heterocycles. The van der Waals surface area contributed by atoms with Crippen molar-refractivity contribution in [2.45, 2.75) is 44.7 Å². The van der Waals surface area contributed by atoms with E-state index in [2.05, 4.69) is 12.1 Å². The molecule has 0 unspecified atom stereocenters. The van der Waals surface area contributed by atoms with Gasteiger partial charge in [0.25, 0.3) is 0 Å². The van der Waals surface area contributed by atoms with Crippen LogP contribution >= 0.6 is 0 Å². The van der Waals surface area contributed by atoms with Crippen molar-refractivity contribution >= 4 is 55.0 Å². The highest BCUT2D eigenvalue weighted by atomic mass is 16.6. The summed E-state index contributed by atoms with van der Waals surface area (Å²) in [5, 5.41) is 7.79. The SMILES string of the molecule is CO[C@@H](C(=O)O[C@H](C)C[C@@H](C)OC(=O)[C@H](OC)c1c2ccccc2cc2ccccc12)c1c2ccccc2cc2ccccc12. The molecule has 0 radical (unpaired) electrons. The van der Waals surface area contributed by atoms with Crippen LogP contribution in [0.1, 0.15) is 43.6 Å². The first kappa shape index (κ1) is 30.3. The second-order valence-electron chi connectivity index (χ2n) is 11.4. The van der Waals surface area contributed by atoms with E-state index in [4.69, 9.17) is 18.9 Å². The lowest BCUT2D eigenvalue weighted by Crippen LogP contribution is -2.28. The summed E-state index contributed by atoms with van der Waals surface area (Å²) in [6.07, 6.45) is -2.65. The van der Waals surface area contributed by atoms with Crippen molar-refractivity contribution in [3.8, 4) is 0 Å². The monoisotopic (exact) mass is 600 g/mol. The van der Waals surface area contributed by atoms with Crippen LogP contribution in [0.3, 0.4) is 0 Å². The second kappa shape index (κ2) is 13.1. The van der Waals surface area contributed by atoms with E-state index in [9.17, 15) is 9.59 Å². The van der Waals surface area contributed by atoms with Gasteiger partial charge < -0.3 is 18.9 Å². The summed E-state index contributed by atoms with van der Waals surface area (Å²) >= 11 is 0. The van der Waals surface area contributed by atoms with E-state index in [0.29, 0.717) is 6.42 Å². The summed E-state index contributed by atoms with van der Waals surface area (Å²) < 4.78 is 23.4. The molecule has 6 nitrogen and oxygen atoms in total. The van der Waals surface area contributed by atoms with Crippen LogP contribution in [-0.4, -0.2) is 38.4 Å². The van der Waals surface area contributed by atoms with Crippen LogP contribution in [0.2, 0.25) is 0 Å². The minimum atomic E-state index is -0.932. The predicted molar refractivity (Wildman–Crippen MR) is 178 cm³/mol. The molecule has 6 aromatic carbocycles. The van der Waals surface area contributed by atoms with Gasteiger partial charge in [0.1, 0.15) is 12.2 Å². The van der Waals surface area contributed by atoms with Crippen molar-refractivity contribution in [2.75, 3.05) is 14.2 Å². The Morgan fingerprint density at radius 3 is 1.09 bits per heavy atom. The third-order valence-corrected chi connectivity index (χ3v) is 8.35. The molecule has 0 aliphatic heterocycles. The van der Waals surface area contributed by atoms with E-state index < -0.39 is 36.4 Å².